The Hall–Kier alpha value is -2.34. The van der Waals surface area contributed by atoms with Gasteiger partial charge < -0.3 is 9.47 Å². The van der Waals surface area contributed by atoms with Gasteiger partial charge in [-0.15, -0.1) is 0 Å². The third-order valence-corrected chi connectivity index (χ3v) is 3.36. The van der Waals surface area contributed by atoms with E-state index in [4.69, 9.17) is 21.1 Å². The number of esters is 1. The van der Waals surface area contributed by atoms with Crippen LogP contribution in [0.4, 0.5) is 0 Å². The molecule has 0 fully saturated rings. The number of hydrogen-bond acceptors (Lipinski definition) is 5. The van der Waals surface area contributed by atoms with Gasteiger partial charge in [0.25, 0.3) is 0 Å². The molecule has 0 aliphatic heterocycles. The van der Waals surface area contributed by atoms with E-state index < -0.39 is 5.97 Å². The molecule has 7 heteroatoms. The molecule has 0 amide bonds. The van der Waals surface area contributed by atoms with Crippen LogP contribution in [0.15, 0.2) is 24.5 Å². The number of halogens is 1. The molecule has 0 atom stereocenters. The van der Waals surface area contributed by atoms with Crippen LogP contribution >= 0.6 is 11.6 Å². The van der Waals surface area contributed by atoms with Crippen LogP contribution in [-0.4, -0.2) is 34.1 Å². The predicted octanol–water partition coefficient (Wildman–Crippen LogP) is 2.72. The van der Waals surface area contributed by atoms with Crippen molar-refractivity contribution in [1.29, 1.82) is 0 Å². The number of benzene rings is 1. The minimum absolute atomic E-state index is 0.152. The van der Waals surface area contributed by atoms with Gasteiger partial charge in [0.05, 0.1) is 24.8 Å². The Morgan fingerprint density at radius 2 is 2.24 bits per heavy atom. The van der Waals surface area contributed by atoms with Gasteiger partial charge in [0.2, 0.25) is 0 Å². The first kappa shape index (κ1) is 13.6. The molecule has 0 aliphatic carbocycles. The summed E-state index contributed by atoms with van der Waals surface area (Å²) in [5.41, 5.74) is 2.01. The van der Waals surface area contributed by atoms with Crippen molar-refractivity contribution >= 4 is 34.1 Å². The molecule has 108 valence electrons. The summed E-state index contributed by atoms with van der Waals surface area (Å²) in [7, 11) is 1.58. The highest BCUT2D eigenvalue weighted by Crippen LogP contribution is 2.27. The molecule has 0 radical (unpaired) electrons. The monoisotopic (exact) mass is 305 g/mol. The van der Waals surface area contributed by atoms with E-state index in [0.717, 1.165) is 5.52 Å². The van der Waals surface area contributed by atoms with Gasteiger partial charge in [-0.25, -0.2) is 14.8 Å². The van der Waals surface area contributed by atoms with Crippen LogP contribution < -0.4 is 4.74 Å². The van der Waals surface area contributed by atoms with Gasteiger partial charge in [0.1, 0.15) is 17.6 Å². The Bertz CT molecular complexity index is 844. The maximum Gasteiger partial charge on any atom is 0.359 e. The van der Waals surface area contributed by atoms with Crippen LogP contribution in [0.2, 0.25) is 5.15 Å². The average molecular weight is 306 g/mol. The molecule has 0 unspecified atom stereocenters. The van der Waals surface area contributed by atoms with E-state index in [1.165, 1.54) is 6.33 Å². The number of aromatic nitrogens is 3. The highest BCUT2D eigenvalue weighted by Gasteiger charge is 2.19. The van der Waals surface area contributed by atoms with Gasteiger partial charge in [-0.3, -0.25) is 4.40 Å². The van der Waals surface area contributed by atoms with E-state index >= 15 is 0 Å². The molecular weight excluding hydrogens is 294 g/mol. The van der Waals surface area contributed by atoms with Gasteiger partial charge in [-0.2, -0.15) is 0 Å². The van der Waals surface area contributed by atoms with Gasteiger partial charge in [0.15, 0.2) is 10.8 Å². The summed E-state index contributed by atoms with van der Waals surface area (Å²) in [5.74, 6) is 0.158. The quantitative estimate of drug-likeness (QED) is 0.696. The number of methoxy groups -OCH3 is 1. The molecule has 21 heavy (non-hydrogen) atoms. The van der Waals surface area contributed by atoms with Gasteiger partial charge in [-0.1, -0.05) is 11.6 Å². The second kappa shape index (κ2) is 5.21. The average Bonchev–Trinajstić information content (AvgIpc) is 2.93. The van der Waals surface area contributed by atoms with Crippen molar-refractivity contribution < 1.29 is 14.3 Å². The number of ether oxygens (including phenoxy) is 2. The molecule has 6 nitrogen and oxygen atoms in total. The van der Waals surface area contributed by atoms with E-state index in [1.54, 1.807) is 30.6 Å². The highest BCUT2D eigenvalue weighted by atomic mass is 35.5. The molecular formula is C14H12ClN3O3. The molecule has 0 N–H and O–H groups in total. The zero-order valence-corrected chi connectivity index (χ0v) is 12.2. The van der Waals surface area contributed by atoms with Crippen LogP contribution in [0.1, 0.15) is 17.4 Å². The molecule has 0 bridgehead atoms. The lowest BCUT2D eigenvalue weighted by molar-refractivity contribution is 0.0522. The zero-order chi connectivity index (χ0) is 15.0. The lowest BCUT2D eigenvalue weighted by atomic mass is 10.2. The van der Waals surface area contributed by atoms with Crippen LogP contribution in [-0.2, 0) is 4.74 Å². The molecule has 1 aromatic carbocycles. The number of rotatable bonds is 3. The summed E-state index contributed by atoms with van der Waals surface area (Å²) in [6.07, 6.45) is 1.52. The largest absolute Gasteiger partial charge is 0.497 e. The van der Waals surface area contributed by atoms with Crippen LogP contribution in [0, 0.1) is 0 Å². The van der Waals surface area contributed by atoms with Crippen molar-refractivity contribution in [3.05, 3.63) is 35.4 Å². The van der Waals surface area contributed by atoms with Gasteiger partial charge in [-0.05, 0) is 19.1 Å². The molecule has 0 spiro atoms. The number of carbonyl (C=O) groups excluding carboxylic acids is 1. The molecule has 2 heterocycles. The van der Waals surface area contributed by atoms with E-state index in [1.807, 2.05) is 6.07 Å². The van der Waals surface area contributed by atoms with Crippen molar-refractivity contribution in [3.8, 4) is 5.75 Å². The van der Waals surface area contributed by atoms with Crippen molar-refractivity contribution in [2.75, 3.05) is 13.7 Å². The number of nitrogens with zero attached hydrogens (tertiary/aromatic N) is 3. The minimum Gasteiger partial charge on any atom is -0.497 e. The number of carbonyl (C=O) groups is 1. The summed E-state index contributed by atoms with van der Waals surface area (Å²) in [6, 6.07) is 5.40. The molecule has 3 rings (SSSR count). The summed E-state index contributed by atoms with van der Waals surface area (Å²) in [6.45, 7) is 2.00. The van der Waals surface area contributed by atoms with Crippen LogP contribution in [0.5, 0.6) is 5.75 Å². The van der Waals surface area contributed by atoms with E-state index in [0.29, 0.717) is 16.8 Å². The van der Waals surface area contributed by atoms with Crippen molar-refractivity contribution in [2.24, 2.45) is 0 Å². The Balaban J connectivity index is 2.32. The fourth-order valence-electron chi connectivity index (χ4n) is 2.15. The Morgan fingerprint density at radius 1 is 1.43 bits per heavy atom. The first-order valence-electron chi connectivity index (χ1n) is 6.33. The summed E-state index contributed by atoms with van der Waals surface area (Å²) in [5, 5.41) is 0.202. The Kier molecular flexibility index (Phi) is 3.39. The summed E-state index contributed by atoms with van der Waals surface area (Å²) >= 11 is 6.19. The van der Waals surface area contributed by atoms with Crippen molar-refractivity contribution in [1.82, 2.24) is 14.4 Å². The lowest BCUT2D eigenvalue weighted by Crippen LogP contribution is -2.06. The van der Waals surface area contributed by atoms with Crippen molar-refractivity contribution in [2.45, 2.75) is 6.92 Å². The topological polar surface area (TPSA) is 65.7 Å². The van der Waals surface area contributed by atoms with Gasteiger partial charge in [0, 0.05) is 6.07 Å². The minimum atomic E-state index is -0.522. The fourth-order valence-corrected chi connectivity index (χ4v) is 2.43. The van der Waals surface area contributed by atoms with E-state index in [2.05, 4.69) is 9.97 Å². The Morgan fingerprint density at radius 3 is 2.95 bits per heavy atom. The zero-order valence-electron chi connectivity index (χ0n) is 11.5. The van der Waals surface area contributed by atoms with Gasteiger partial charge >= 0.3 is 5.97 Å². The highest BCUT2D eigenvalue weighted by molar-refractivity contribution is 6.34. The fraction of sp³-hybridized carbons (Fsp3) is 0.214. The van der Waals surface area contributed by atoms with Crippen LogP contribution in [0.25, 0.3) is 16.6 Å². The first-order chi connectivity index (χ1) is 10.2. The lowest BCUT2D eigenvalue weighted by Gasteiger charge is -2.06. The molecule has 3 aromatic rings. The SMILES string of the molecule is CCOC(=O)c1ncn2c1c(Cl)nc1ccc(OC)cc12. The third-order valence-electron chi connectivity index (χ3n) is 3.09. The Labute approximate surface area is 125 Å². The molecule has 0 saturated carbocycles. The third kappa shape index (κ3) is 2.17. The maximum atomic E-state index is 11.9. The predicted molar refractivity (Wildman–Crippen MR) is 78.0 cm³/mol. The first-order valence-corrected chi connectivity index (χ1v) is 6.71. The van der Waals surface area contributed by atoms with E-state index in [-0.39, 0.29) is 17.5 Å². The summed E-state index contributed by atoms with van der Waals surface area (Å²) in [4.78, 5) is 20.3. The standard InChI is InChI=1S/C14H12ClN3O3/c1-3-21-14(19)11-12-13(15)17-9-5-4-8(20-2)6-10(9)18(12)7-16-11/h4-7H,3H2,1-2H3. The second-order valence-electron chi connectivity index (χ2n) is 4.29. The number of imidazole rings is 1. The maximum absolute atomic E-state index is 11.9. The van der Waals surface area contributed by atoms with Crippen LogP contribution in [0.3, 0.4) is 0 Å². The molecule has 0 aliphatic rings. The number of hydrogen-bond donors (Lipinski definition) is 0. The summed E-state index contributed by atoms with van der Waals surface area (Å²) < 4.78 is 11.9. The molecule has 0 saturated heterocycles. The second-order valence-corrected chi connectivity index (χ2v) is 4.65. The molecule has 2 aromatic heterocycles. The van der Waals surface area contributed by atoms with E-state index in [9.17, 15) is 4.79 Å². The normalized spacial score (nSPS) is 11.0. The number of fused-ring (bicyclic) bond motifs is 3. The smallest absolute Gasteiger partial charge is 0.359 e. The van der Waals surface area contributed by atoms with Crippen molar-refractivity contribution in [3.63, 3.8) is 0 Å².